The van der Waals surface area contributed by atoms with Crippen molar-refractivity contribution in [3.05, 3.63) is 37.1 Å². The number of nitrogens with zero attached hydrogens (tertiary/aromatic N) is 5. The number of aromatic nitrogens is 5. The molecule has 0 unspecified atom stereocenters. The van der Waals surface area contributed by atoms with Crippen molar-refractivity contribution in [1.82, 2.24) is 24.1 Å². The van der Waals surface area contributed by atoms with E-state index in [1.165, 1.54) is 0 Å². The van der Waals surface area contributed by atoms with E-state index in [2.05, 4.69) is 25.7 Å². The van der Waals surface area contributed by atoms with Crippen LogP contribution in [0.1, 0.15) is 6.92 Å². The largest absolute Gasteiger partial charge is 0.369 e. The molecule has 0 aliphatic heterocycles. The Morgan fingerprint density at radius 3 is 2.95 bits per heavy atom. The molecule has 0 amide bonds. The predicted octanol–water partition coefficient (Wildman–Crippen LogP) is 1.47. The van der Waals surface area contributed by atoms with Gasteiger partial charge in [-0.3, -0.25) is 4.68 Å². The van der Waals surface area contributed by atoms with E-state index in [1.54, 1.807) is 12.4 Å². The first-order valence-electron chi connectivity index (χ1n) is 6.65. The zero-order valence-electron chi connectivity index (χ0n) is 11.3. The lowest BCUT2D eigenvalue weighted by Gasteiger charge is -2.10. The highest BCUT2D eigenvalue weighted by molar-refractivity contribution is 5.65. The Balaban J connectivity index is 1.76. The molecule has 0 bridgehead atoms. The van der Waals surface area contributed by atoms with Gasteiger partial charge in [-0.1, -0.05) is 0 Å². The van der Waals surface area contributed by atoms with Gasteiger partial charge in [-0.25, -0.2) is 9.97 Å². The average molecular weight is 271 g/mol. The highest BCUT2D eigenvalue weighted by Crippen LogP contribution is 2.15. The minimum absolute atomic E-state index is 0.743. The minimum atomic E-state index is 0.743. The molecule has 20 heavy (non-hydrogen) atoms. The Morgan fingerprint density at radius 2 is 2.15 bits per heavy atom. The van der Waals surface area contributed by atoms with Gasteiger partial charge in [-0.15, -0.1) is 0 Å². The lowest BCUT2D eigenvalue weighted by molar-refractivity contribution is 0.637. The molecule has 3 rings (SSSR count). The van der Waals surface area contributed by atoms with E-state index in [-0.39, 0.29) is 0 Å². The Labute approximate surface area is 116 Å². The summed E-state index contributed by atoms with van der Waals surface area (Å²) in [7, 11) is 0. The van der Waals surface area contributed by atoms with Crippen molar-refractivity contribution in [1.29, 1.82) is 0 Å². The number of hydrogen-bond acceptors (Lipinski definition) is 5. The first kappa shape index (κ1) is 12.5. The van der Waals surface area contributed by atoms with Gasteiger partial charge in [0.05, 0.1) is 12.7 Å². The van der Waals surface area contributed by atoms with Gasteiger partial charge in [-0.2, -0.15) is 5.10 Å². The van der Waals surface area contributed by atoms with Crippen LogP contribution in [0.15, 0.2) is 37.1 Å². The molecule has 0 aliphatic carbocycles. The second kappa shape index (κ2) is 5.60. The summed E-state index contributed by atoms with van der Waals surface area (Å²) < 4.78 is 3.84. The Morgan fingerprint density at radius 1 is 1.20 bits per heavy atom. The first-order valence-corrected chi connectivity index (χ1v) is 6.65. The van der Waals surface area contributed by atoms with Gasteiger partial charge >= 0.3 is 0 Å². The van der Waals surface area contributed by atoms with E-state index in [4.69, 9.17) is 0 Å². The normalized spacial score (nSPS) is 10.8. The van der Waals surface area contributed by atoms with Crippen molar-refractivity contribution in [2.45, 2.75) is 13.5 Å². The molecule has 0 aromatic carbocycles. The molecule has 7 heteroatoms. The Bertz CT molecular complexity index is 671. The zero-order chi connectivity index (χ0) is 13.8. The van der Waals surface area contributed by atoms with Crippen molar-refractivity contribution in [2.75, 3.05) is 23.7 Å². The van der Waals surface area contributed by atoms with E-state index >= 15 is 0 Å². The molecule has 3 heterocycles. The minimum Gasteiger partial charge on any atom is -0.369 e. The van der Waals surface area contributed by atoms with Crippen LogP contribution in [0.25, 0.3) is 5.65 Å². The molecule has 0 atom stereocenters. The maximum atomic E-state index is 4.55. The zero-order valence-corrected chi connectivity index (χ0v) is 11.3. The van der Waals surface area contributed by atoms with Gasteiger partial charge in [0.2, 0.25) is 0 Å². The molecular weight excluding hydrogens is 254 g/mol. The van der Waals surface area contributed by atoms with Crippen molar-refractivity contribution >= 4 is 17.3 Å². The maximum Gasteiger partial charge on any atom is 0.180 e. The quantitative estimate of drug-likeness (QED) is 0.710. The number of fused-ring (bicyclic) bond motifs is 1. The molecule has 3 aromatic heterocycles. The van der Waals surface area contributed by atoms with Gasteiger partial charge < -0.3 is 15.0 Å². The number of hydrogen-bond donors (Lipinski definition) is 2. The third-order valence-electron chi connectivity index (χ3n) is 2.92. The van der Waals surface area contributed by atoms with Crippen molar-refractivity contribution < 1.29 is 0 Å². The van der Waals surface area contributed by atoms with Crippen LogP contribution in [0.4, 0.5) is 11.6 Å². The van der Waals surface area contributed by atoms with Crippen LogP contribution in [0.2, 0.25) is 0 Å². The summed E-state index contributed by atoms with van der Waals surface area (Å²) in [5.41, 5.74) is 0.826. The van der Waals surface area contributed by atoms with Gasteiger partial charge in [0.1, 0.15) is 5.82 Å². The second-order valence-electron chi connectivity index (χ2n) is 4.36. The molecule has 0 saturated carbocycles. The monoisotopic (exact) mass is 271 g/mol. The van der Waals surface area contributed by atoms with Crippen molar-refractivity contribution in [3.63, 3.8) is 0 Å². The van der Waals surface area contributed by atoms with Crippen LogP contribution in [-0.2, 0) is 6.54 Å². The van der Waals surface area contributed by atoms with Crippen molar-refractivity contribution in [2.24, 2.45) is 0 Å². The lowest BCUT2D eigenvalue weighted by Crippen LogP contribution is -2.13. The molecule has 0 fully saturated rings. The van der Waals surface area contributed by atoms with E-state index in [0.717, 1.165) is 36.9 Å². The van der Waals surface area contributed by atoms with Gasteiger partial charge in [0, 0.05) is 37.9 Å². The van der Waals surface area contributed by atoms with Crippen molar-refractivity contribution in [3.8, 4) is 0 Å². The summed E-state index contributed by atoms with van der Waals surface area (Å²) in [6, 6.07) is 1.91. The van der Waals surface area contributed by atoms with Crippen LogP contribution >= 0.6 is 0 Å². The lowest BCUT2D eigenvalue weighted by atomic mass is 10.5. The van der Waals surface area contributed by atoms with E-state index in [0.29, 0.717) is 0 Å². The summed E-state index contributed by atoms with van der Waals surface area (Å²) >= 11 is 0. The highest BCUT2D eigenvalue weighted by atomic mass is 15.3. The summed E-state index contributed by atoms with van der Waals surface area (Å²) in [5, 5.41) is 10.7. The standard InChI is InChI=1S/C13H17N7/c1-2-14-11-10-19-8-5-16-13(19)12(18-11)15-6-9-20-7-3-4-17-20/h3-5,7-8,10,14H,2,6,9H2,1H3,(H,15,18). The van der Waals surface area contributed by atoms with Crippen LogP contribution in [0.5, 0.6) is 0 Å². The van der Waals surface area contributed by atoms with Crippen LogP contribution < -0.4 is 10.6 Å². The predicted molar refractivity (Wildman–Crippen MR) is 77.9 cm³/mol. The number of nitrogens with one attached hydrogen (secondary N) is 2. The highest BCUT2D eigenvalue weighted by Gasteiger charge is 2.06. The summed E-state index contributed by atoms with van der Waals surface area (Å²) in [4.78, 5) is 8.87. The Hall–Kier alpha value is -2.57. The maximum absolute atomic E-state index is 4.55. The van der Waals surface area contributed by atoms with E-state index < -0.39 is 0 Å². The molecule has 0 saturated heterocycles. The van der Waals surface area contributed by atoms with Gasteiger partial charge in [0.15, 0.2) is 11.5 Å². The fourth-order valence-electron chi connectivity index (χ4n) is 2.04. The van der Waals surface area contributed by atoms with Crippen LogP contribution in [-0.4, -0.2) is 37.2 Å². The van der Waals surface area contributed by atoms with Gasteiger partial charge in [-0.05, 0) is 13.0 Å². The smallest absolute Gasteiger partial charge is 0.180 e. The summed E-state index contributed by atoms with van der Waals surface area (Å²) in [6.07, 6.45) is 9.33. The molecule has 7 nitrogen and oxygen atoms in total. The molecule has 104 valence electrons. The Kier molecular flexibility index (Phi) is 3.49. The molecule has 2 N–H and O–H groups in total. The van der Waals surface area contributed by atoms with Crippen LogP contribution in [0, 0.1) is 0 Å². The fourth-order valence-corrected chi connectivity index (χ4v) is 2.04. The van der Waals surface area contributed by atoms with Gasteiger partial charge in [0.25, 0.3) is 0 Å². The molecule has 0 spiro atoms. The summed E-state index contributed by atoms with van der Waals surface area (Å²) in [6.45, 7) is 4.41. The molecular formula is C13H17N7. The SMILES string of the molecule is CCNc1cn2ccnc2c(NCCn2cccn2)n1. The second-order valence-corrected chi connectivity index (χ2v) is 4.36. The molecule has 3 aromatic rings. The van der Waals surface area contributed by atoms with E-state index in [1.807, 2.05) is 40.7 Å². The third-order valence-corrected chi connectivity index (χ3v) is 2.92. The number of imidazole rings is 1. The molecule has 0 aliphatic rings. The topological polar surface area (TPSA) is 72.1 Å². The fraction of sp³-hybridized carbons (Fsp3) is 0.308. The van der Waals surface area contributed by atoms with E-state index in [9.17, 15) is 0 Å². The molecule has 0 radical (unpaired) electrons. The first-order chi connectivity index (χ1) is 9.86. The average Bonchev–Trinajstić information content (AvgIpc) is 3.09. The number of rotatable bonds is 6. The van der Waals surface area contributed by atoms with Crippen LogP contribution in [0.3, 0.4) is 0 Å². The summed E-state index contributed by atoms with van der Waals surface area (Å²) in [5.74, 6) is 1.61. The number of anilines is 2. The third kappa shape index (κ3) is 2.56.